The van der Waals surface area contributed by atoms with Crippen LogP contribution in [0.1, 0.15) is 60.1 Å². The van der Waals surface area contributed by atoms with Gasteiger partial charge < -0.3 is 9.13 Å². The summed E-state index contributed by atoms with van der Waals surface area (Å²) < 4.78 is 4.45. The molecule has 0 N–H and O–H groups in total. The quantitative estimate of drug-likeness (QED) is 0.126. The predicted molar refractivity (Wildman–Crippen MR) is 237 cm³/mol. The Morgan fingerprint density at radius 2 is 1.49 bits per heavy atom. The molecule has 10 rings (SSSR count). The normalized spacial score (nSPS) is 16.9. The van der Waals surface area contributed by atoms with Crippen LogP contribution >= 0.6 is 0 Å². The van der Waals surface area contributed by atoms with Gasteiger partial charge in [-0.3, -0.25) is 0 Å². The summed E-state index contributed by atoms with van der Waals surface area (Å²) >= 11 is 0. The lowest BCUT2D eigenvalue weighted by Gasteiger charge is -2.21. The summed E-state index contributed by atoms with van der Waals surface area (Å²) in [6, 6.07) is 41.6. The van der Waals surface area contributed by atoms with Crippen LogP contribution in [-0.4, -0.2) is 9.13 Å². The second kappa shape index (κ2) is 13.9. The second-order valence-electron chi connectivity index (χ2n) is 15.4. The fraction of sp³-hybridized carbons (Fsp3) is 0.132. The van der Waals surface area contributed by atoms with E-state index in [1.54, 1.807) is 6.08 Å². The number of nitrogens with zero attached hydrogens (tertiary/aromatic N) is 4. The van der Waals surface area contributed by atoms with Gasteiger partial charge in [-0.2, -0.15) is 10.5 Å². The molecule has 4 nitrogen and oxygen atoms in total. The molecule has 2 aromatic heterocycles. The van der Waals surface area contributed by atoms with E-state index in [1.807, 2.05) is 24.3 Å². The fourth-order valence-corrected chi connectivity index (χ4v) is 9.58. The zero-order chi connectivity index (χ0) is 38.6. The van der Waals surface area contributed by atoms with Gasteiger partial charge in [-0.05, 0) is 108 Å². The van der Waals surface area contributed by atoms with Crippen LogP contribution in [0.5, 0.6) is 0 Å². The molecule has 0 spiro atoms. The lowest BCUT2D eigenvalue weighted by Crippen LogP contribution is -2.11. The van der Waals surface area contributed by atoms with E-state index in [4.69, 9.17) is 0 Å². The van der Waals surface area contributed by atoms with Gasteiger partial charge in [0.2, 0.25) is 0 Å². The molecule has 4 heteroatoms. The summed E-state index contributed by atoms with van der Waals surface area (Å²) in [6.45, 7) is 6.02. The number of fused-ring (bicyclic) bond motifs is 10. The summed E-state index contributed by atoms with van der Waals surface area (Å²) in [7, 11) is 0. The van der Waals surface area contributed by atoms with Crippen LogP contribution in [0.2, 0.25) is 0 Å². The average Bonchev–Trinajstić information content (AvgIpc) is 3.78. The summed E-state index contributed by atoms with van der Waals surface area (Å²) in [6.07, 6.45) is 21.4. The van der Waals surface area contributed by atoms with Crippen molar-refractivity contribution in [1.82, 2.24) is 9.13 Å². The summed E-state index contributed by atoms with van der Waals surface area (Å²) in [5.41, 5.74) is 10.2. The number of allylic oxidation sites excluding steroid dienone is 8. The zero-order valence-corrected chi connectivity index (χ0v) is 31.9. The van der Waals surface area contributed by atoms with Gasteiger partial charge in [0.1, 0.15) is 17.7 Å². The van der Waals surface area contributed by atoms with E-state index in [-0.39, 0.29) is 5.92 Å². The third kappa shape index (κ3) is 5.41. The lowest BCUT2D eigenvalue weighted by molar-refractivity contribution is 0.655. The number of aromatic nitrogens is 2. The Hall–Kier alpha value is -7.14. The first kappa shape index (κ1) is 34.4. The van der Waals surface area contributed by atoms with Crippen LogP contribution in [0.3, 0.4) is 0 Å². The third-order valence-corrected chi connectivity index (χ3v) is 12.3. The van der Waals surface area contributed by atoms with E-state index in [2.05, 4.69) is 156 Å². The topological polar surface area (TPSA) is 57.4 Å². The molecule has 272 valence electrons. The standard InChI is InChI=1S/C53H40N4/c1-3-4-6-13-34(2)38-22-25-46-43(30-38)51-41-18-11-9-16-36(41)20-28-49(51)56(46)48-27-24-40(32-54)53(45(48)33-55)57-47-26-23-39(35-14-7-5-8-15-35)31-44(47)52-42-19-12-10-17-37(42)21-29-50(52)57/h3-4,6-7,9-14,16-29,31,35,38H,1,5,8,15,30H2,2H3/b6-4-,34-13+. The van der Waals surface area contributed by atoms with Crippen LogP contribution in [0.25, 0.3) is 71.7 Å². The molecule has 0 saturated heterocycles. The Bertz CT molecular complexity index is 3200. The molecule has 0 saturated carbocycles. The molecule has 0 bridgehead atoms. The van der Waals surface area contributed by atoms with Crippen molar-refractivity contribution in [3.63, 3.8) is 0 Å². The van der Waals surface area contributed by atoms with Crippen LogP contribution in [0, 0.1) is 28.6 Å². The maximum Gasteiger partial charge on any atom is 0.104 e. The third-order valence-electron chi connectivity index (χ3n) is 12.3. The number of nitriles is 2. The number of benzene rings is 6. The maximum atomic E-state index is 11.4. The molecular formula is C53H40N4. The van der Waals surface area contributed by atoms with Gasteiger partial charge in [-0.15, -0.1) is 0 Å². The van der Waals surface area contributed by atoms with E-state index >= 15 is 0 Å². The first-order valence-corrected chi connectivity index (χ1v) is 19.9. The molecule has 0 radical (unpaired) electrons. The van der Waals surface area contributed by atoms with E-state index in [0.717, 1.165) is 68.7 Å². The minimum atomic E-state index is 0.221. The van der Waals surface area contributed by atoms with E-state index < -0.39 is 0 Å². The van der Waals surface area contributed by atoms with Gasteiger partial charge in [-0.1, -0.05) is 121 Å². The monoisotopic (exact) mass is 732 g/mol. The molecule has 0 fully saturated rings. The maximum absolute atomic E-state index is 11.4. The van der Waals surface area contributed by atoms with Crippen molar-refractivity contribution in [3.8, 4) is 23.5 Å². The minimum absolute atomic E-state index is 0.221. The van der Waals surface area contributed by atoms with Gasteiger partial charge in [0, 0.05) is 33.7 Å². The molecule has 2 aliphatic carbocycles. The molecule has 2 unspecified atom stereocenters. The molecule has 6 aromatic carbocycles. The van der Waals surface area contributed by atoms with E-state index in [9.17, 15) is 10.5 Å². The Morgan fingerprint density at radius 3 is 2.21 bits per heavy atom. The first-order valence-electron chi connectivity index (χ1n) is 19.9. The number of rotatable bonds is 6. The first-order chi connectivity index (χ1) is 28.1. The molecule has 57 heavy (non-hydrogen) atoms. The Balaban J connectivity index is 1.27. The molecule has 2 aliphatic rings. The van der Waals surface area contributed by atoms with Crippen LogP contribution < -0.4 is 0 Å². The molecule has 8 aromatic rings. The molecule has 0 aliphatic heterocycles. The molecule has 0 amide bonds. The SMILES string of the molecule is C=C/C=C\C=C(/C)C1C=Cc2c(c3c4ccccc4ccc3n2-c2ccc(C#N)c(-n3c4ccc(C5C=CCCC5)cc4c4c5ccccc5ccc43)c2C#N)C1. The zero-order valence-electron chi connectivity index (χ0n) is 31.9. The number of hydrogen-bond donors (Lipinski definition) is 0. The van der Waals surface area contributed by atoms with Gasteiger partial charge >= 0.3 is 0 Å². The van der Waals surface area contributed by atoms with Crippen molar-refractivity contribution in [2.75, 3.05) is 0 Å². The van der Waals surface area contributed by atoms with Crippen molar-refractivity contribution in [3.05, 3.63) is 186 Å². The van der Waals surface area contributed by atoms with Crippen molar-refractivity contribution in [1.29, 1.82) is 10.5 Å². The van der Waals surface area contributed by atoms with Crippen LogP contribution in [-0.2, 0) is 6.42 Å². The number of hydrogen-bond acceptors (Lipinski definition) is 2. The fourth-order valence-electron chi connectivity index (χ4n) is 9.58. The van der Waals surface area contributed by atoms with Crippen LogP contribution in [0.4, 0.5) is 0 Å². The molecular weight excluding hydrogens is 693 g/mol. The van der Waals surface area contributed by atoms with Gasteiger partial charge in [-0.25, -0.2) is 0 Å². The highest BCUT2D eigenvalue weighted by atomic mass is 15.0. The lowest BCUT2D eigenvalue weighted by atomic mass is 9.86. The summed E-state index contributed by atoms with van der Waals surface area (Å²) in [5.74, 6) is 0.586. The second-order valence-corrected chi connectivity index (χ2v) is 15.4. The van der Waals surface area contributed by atoms with Gasteiger partial charge in [0.05, 0.1) is 33.5 Å². The highest BCUT2D eigenvalue weighted by Crippen LogP contribution is 2.44. The largest absolute Gasteiger partial charge is 0.308 e. The summed E-state index contributed by atoms with van der Waals surface area (Å²) in [5, 5.41) is 30.4. The van der Waals surface area contributed by atoms with Crippen molar-refractivity contribution in [2.45, 2.75) is 38.5 Å². The van der Waals surface area contributed by atoms with Crippen molar-refractivity contribution in [2.24, 2.45) is 5.92 Å². The Kier molecular flexibility index (Phi) is 8.35. The van der Waals surface area contributed by atoms with Gasteiger partial charge in [0.15, 0.2) is 0 Å². The van der Waals surface area contributed by atoms with E-state index in [1.165, 1.54) is 39.3 Å². The minimum Gasteiger partial charge on any atom is -0.308 e. The van der Waals surface area contributed by atoms with E-state index in [0.29, 0.717) is 22.7 Å². The smallest absolute Gasteiger partial charge is 0.104 e. The molecule has 2 atom stereocenters. The molecule has 2 heterocycles. The predicted octanol–water partition coefficient (Wildman–Crippen LogP) is 13.5. The summed E-state index contributed by atoms with van der Waals surface area (Å²) in [4.78, 5) is 0. The highest BCUT2D eigenvalue weighted by Gasteiger charge is 2.28. The van der Waals surface area contributed by atoms with Gasteiger partial charge in [0.25, 0.3) is 0 Å². The highest BCUT2D eigenvalue weighted by molar-refractivity contribution is 6.21. The van der Waals surface area contributed by atoms with Crippen molar-refractivity contribution < 1.29 is 0 Å². The Labute approximate surface area is 332 Å². The van der Waals surface area contributed by atoms with Crippen molar-refractivity contribution >= 4 is 60.3 Å². The van der Waals surface area contributed by atoms with Crippen LogP contribution in [0.15, 0.2) is 158 Å². The Morgan fingerprint density at radius 1 is 0.754 bits per heavy atom. The average molecular weight is 733 g/mol.